The van der Waals surface area contributed by atoms with E-state index in [1.807, 2.05) is 12.1 Å². The van der Waals surface area contributed by atoms with Crippen LogP contribution in [0.5, 0.6) is 0 Å². The van der Waals surface area contributed by atoms with Crippen molar-refractivity contribution >= 4 is 5.84 Å². The van der Waals surface area contributed by atoms with E-state index in [4.69, 9.17) is 10.9 Å². The van der Waals surface area contributed by atoms with Gasteiger partial charge in [0.2, 0.25) is 0 Å². The van der Waals surface area contributed by atoms with E-state index in [9.17, 15) is 0 Å². The Bertz CT molecular complexity index is 514. The molecular formula is C16H24N4O. The lowest BCUT2D eigenvalue weighted by Crippen LogP contribution is -2.54. The Kier molecular flexibility index (Phi) is 4.12. The fourth-order valence-corrected chi connectivity index (χ4v) is 3.54. The van der Waals surface area contributed by atoms with Gasteiger partial charge in [0.25, 0.3) is 0 Å². The molecule has 2 unspecified atom stereocenters. The van der Waals surface area contributed by atoms with E-state index in [-0.39, 0.29) is 5.84 Å². The van der Waals surface area contributed by atoms with Crippen LogP contribution in [0, 0.1) is 0 Å². The maximum atomic E-state index is 8.69. The van der Waals surface area contributed by atoms with Gasteiger partial charge in [-0.3, -0.25) is 9.80 Å². The summed E-state index contributed by atoms with van der Waals surface area (Å²) in [5, 5.41) is 11.7. The fraction of sp³-hybridized carbons (Fsp3) is 0.562. The normalized spacial score (nSPS) is 27.8. The molecule has 0 spiro atoms. The average molecular weight is 288 g/mol. The van der Waals surface area contributed by atoms with Crippen LogP contribution in [0.3, 0.4) is 0 Å². The minimum Gasteiger partial charge on any atom is -0.409 e. The Morgan fingerprint density at radius 2 is 2.10 bits per heavy atom. The van der Waals surface area contributed by atoms with Crippen molar-refractivity contribution in [1.29, 1.82) is 0 Å². The van der Waals surface area contributed by atoms with Crippen molar-refractivity contribution in [1.82, 2.24) is 9.80 Å². The number of hydrogen-bond acceptors (Lipinski definition) is 4. The van der Waals surface area contributed by atoms with Gasteiger partial charge in [0, 0.05) is 37.3 Å². The molecule has 3 N–H and O–H groups in total. The van der Waals surface area contributed by atoms with Crippen molar-refractivity contribution in [3.63, 3.8) is 0 Å². The lowest BCUT2D eigenvalue weighted by molar-refractivity contribution is 0.0540. The molecule has 2 fully saturated rings. The highest BCUT2D eigenvalue weighted by molar-refractivity contribution is 5.96. The number of rotatable bonds is 3. The van der Waals surface area contributed by atoms with E-state index in [0.29, 0.717) is 6.04 Å². The molecule has 2 saturated heterocycles. The molecule has 0 aromatic heterocycles. The van der Waals surface area contributed by atoms with E-state index in [0.717, 1.165) is 18.2 Å². The maximum Gasteiger partial charge on any atom is 0.170 e. The monoisotopic (exact) mass is 288 g/mol. The van der Waals surface area contributed by atoms with Crippen molar-refractivity contribution < 1.29 is 5.21 Å². The predicted molar refractivity (Wildman–Crippen MR) is 83.4 cm³/mol. The van der Waals surface area contributed by atoms with Gasteiger partial charge in [0.15, 0.2) is 5.84 Å². The summed E-state index contributed by atoms with van der Waals surface area (Å²) in [6.45, 7) is 6.93. The highest BCUT2D eigenvalue weighted by atomic mass is 16.4. The van der Waals surface area contributed by atoms with Crippen molar-refractivity contribution in [2.24, 2.45) is 10.9 Å². The number of nitrogens with two attached hydrogens (primary N) is 1. The number of nitrogens with zero attached hydrogens (tertiary/aromatic N) is 3. The standard InChI is InChI=1S/C16H24N4O/c1-12-9-19-8-2-3-15(19)11-20(12)10-13-4-6-14(7-5-13)16(17)18-21/h4-7,12,15,21H,2-3,8-11H2,1H3,(H2,17,18). The summed E-state index contributed by atoms with van der Waals surface area (Å²) in [6.07, 6.45) is 2.69. The van der Waals surface area contributed by atoms with Gasteiger partial charge in [-0.05, 0) is 31.9 Å². The van der Waals surface area contributed by atoms with Crippen LogP contribution in [0.4, 0.5) is 0 Å². The maximum absolute atomic E-state index is 8.69. The Labute approximate surface area is 126 Å². The molecule has 1 aromatic carbocycles. The van der Waals surface area contributed by atoms with Gasteiger partial charge >= 0.3 is 0 Å². The molecule has 5 nitrogen and oxygen atoms in total. The number of oxime groups is 1. The molecule has 2 aliphatic rings. The SMILES string of the molecule is CC1CN2CCCC2CN1Cc1ccc(/C(N)=N/O)cc1. The summed E-state index contributed by atoms with van der Waals surface area (Å²) in [6, 6.07) is 9.32. The zero-order valence-corrected chi connectivity index (χ0v) is 12.6. The third kappa shape index (κ3) is 3.04. The third-order valence-electron chi connectivity index (χ3n) is 4.81. The first kappa shape index (κ1) is 14.4. The van der Waals surface area contributed by atoms with Gasteiger partial charge in [-0.1, -0.05) is 29.4 Å². The third-order valence-corrected chi connectivity index (χ3v) is 4.81. The van der Waals surface area contributed by atoms with Crippen LogP contribution in [-0.2, 0) is 6.54 Å². The van der Waals surface area contributed by atoms with E-state index >= 15 is 0 Å². The number of benzene rings is 1. The lowest BCUT2D eigenvalue weighted by Gasteiger charge is -2.42. The highest BCUT2D eigenvalue weighted by Crippen LogP contribution is 2.25. The van der Waals surface area contributed by atoms with Crippen LogP contribution in [0.1, 0.15) is 30.9 Å². The smallest absolute Gasteiger partial charge is 0.170 e. The Balaban J connectivity index is 1.65. The second kappa shape index (κ2) is 6.03. The number of amidine groups is 1. The van der Waals surface area contributed by atoms with Crippen LogP contribution >= 0.6 is 0 Å². The van der Waals surface area contributed by atoms with Crippen LogP contribution in [0.15, 0.2) is 29.4 Å². The molecule has 3 rings (SSSR count). The molecule has 114 valence electrons. The molecule has 0 aliphatic carbocycles. The van der Waals surface area contributed by atoms with Gasteiger partial charge in [0.05, 0.1) is 0 Å². The largest absolute Gasteiger partial charge is 0.409 e. The van der Waals surface area contributed by atoms with Gasteiger partial charge < -0.3 is 10.9 Å². The first-order chi connectivity index (χ1) is 10.2. The molecule has 0 amide bonds. The van der Waals surface area contributed by atoms with Crippen LogP contribution < -0.4 is 5.73 Å². The van der Waals surface area contributed by atoms with E-state index in [1.54, 1.807) is 0 Å². The molecular weight excluding hydrogens is 264 g/mol. The van der Waals surface area contributed by atoms with E-state index in [1.165, 1.54) is 38.0 Å². The minimum atomic E-state index is 0.162. The topological polar surface area (TPSA) is 65.1 Å². The van der Waals surface area contributed by atoms with Crippen molar-refractivity contribution in [2.45, 2.75) is 38.4 Å². The second-order valence-corrected chi connectivity index (χ2v) is 6.25. The average Bonchev–Trinajstić information content (AvgIpc) is 2.94. The number of piperazine rings is 1. The summed E-state index contributed by atoms with van der Waals surface area (Å²) in [5.41, 5.74) is 7.63. The van der Waals surface area contributed by atoms with E-state index < -0.39 is 0 Å². The predicted octanol–water partition coefficient (Wildman–Crippen LogP) is 1.45. The van der Waals surface area contributed by atoms with Gasteiger partial charge in [-0.25, -0.2) is 0 Å². The Morgan fingerprint density at radius 1 is 1.33 bits per heavy atom. The molecule has 2 aliphatic heterocycles. The molecule has 0 bridgehead atoms. The molecule has 1 aromatic rings. The minimum absolute atomic E-state index is 0.162. The Morgan fingerprint density at radius 3 is 2.81 bits per heavy atom. The lowest BCUT2D eigenvalue weighted by atomic mass is 10.1. The number of fused-ring (bicyclic) bond motifs is 1. The molecule has 2 atom stereocenters. The second-order valence-electron chi connectivity index (χ2n) is 6.25. The molecule has 21 heavy (non-hydrogen) atoms. The summed E-state index contributed by atoms with van der Waals surface area (Å²) < 4.78 is 0. The zero-order chi connectivity index (χ0) is 14.8. The van der Waals surface area contributed by atoms with Crippen molar-refractivity contribution in [2.75, 3.05) is 19.6 Å². The van der Waals surface area contributed by atoms with Gasteiger partial charge in [0.1, 0.15) is 0 Å². The van der Waals surface area contributed by atoms with Crippen molar-refractivity contribution in [3.8, 4) is 0 Å². The van der Waals surface area contributed by atoms with E-state index in [2.05, 4.69) is 34.0 Å². The molecule has 0 saturated carbocycles. The van der Waals surface area contributed by atoms with Gasteiger partial charge in [-0.2, -0.15) is 0 Å². The zero-order valence-electron chi connectivity index (χ0n) is 12.6. The summed E-state index contributed by atoms with van der Waals surface area (Å²) in [4.78, 5) is 5.22. The summed E-state index contributed by atoms with van der Waals surface area (Å²) >= 11 is 0. The quantitative estimate of drug-likeness (QED) is 0.382. The van der Waals surface area contributed by atoms with Crippen LogP contribution in [0.25, 0.3) is 0 Å². The summed E-state index contributed by atoms with van der Waals surface area (Å²) in [5.74, 6) is 0.162. The first-order valence-electron chi connectivity index (χ1n) is 7.72. The van der Waals surface area contributed by atoms with Crippen LogP contribution in [-0.4, -0.2) is 52.6 Å². The summed E-state index contributed by atoms with van der Waals surface area (Å²) in [7, 11) is 0. The van der Waals surface area contributed by atoms with Crippen LogP contribution in [0.2, 0.25) is 0 Å². The number of hydrogen-bond donors (Lipinski definition) is 2. The molecule has 2 heterocycles. The van der Waals surface area contributed by atoms with Crippen molar-refractivity contribution in [3.05, 3.63) is 35.4 Å². The Hall–Kier alpha value is -1.59. The first-order valence-corrected chi connectivity index (χ1v) is 7.72. The fourth-order valence-electron chi connectivity index (χ4n) is 3.54. The molecule has 0 radical (unpaired) electrons. The van der Waals surface area contributed by atoms with Gasteiger partial charge in [-0.15, -0.1) is 0 Å². The molecule has 5 heteroatoms. The highest BCUT2D eigenvalue weighted by Gasteiger charge is 2.34.